The minimum Gasteiger partial charge on any atom is -0.489 e. The van der Waals surface area contributed by atoms with Crippen molar-refractivity contribution in [3.8, 4) is 5.75 Å². The summed E-state index contributed by atoms with van der Waals surface area (Å²) in [5.41, 5.74) is 2.92. The standard InChI is InChI=1S/C41H40N2O11/c1-24(44)49-23-36-38(51-25(2)45)39(52-26(3)46)37(41(54-36)53-27(4)47)42-40(48)34-21-43(20-29-14-15-30-12-8-9-13-31(30)18-29)35-19-32(16-17-33(34)35)50-22-28-10-6-5-7-11-28/h5-19,21,36-39,41H,20,22-23H2,1-4H3,(H,42,48)/t36-,37-,38-,39-,41?/m1/s1. The van der Waals surface area contributed by atoms with E-state index in [1.54, 1.807) is 18.3 Å². The Morgan fingerprint density at radius 2 is 1.39 bits per heavy atom. The first kappa shape index (κ1) is 37.5. The minimum absolute atomic E-state index is 0.245. The predicted molar refractivity (Wildman–Crippen MR) is 195 cm³/mol. The molecule has 1 saturated heterocycles. The molecular formula is C41H40N2O11. The van der Waals surface area contributed by atoms with Crippen LogP contribution in [0.1, 0.15) is 49.2 Å². The van der Waals surface area contributed by atoms with Crippen LogP contribution in [-0.4, -0.2) is 71.6 Å². The van der Waals surface area contributed by atoms with Crippen molar-refractivity contribution in [1.82, 2.24) is 9.88 Å². The number of nitrogens with zero attached hydrogens (tertiary/aromatic N) is 1. The third-order valence-corrected chi connectivity index (χ3v) is 8.79. The molecule has 2 heterocycles. The number of carbonyl (C=O) groups is 5. The fourth-order valence-electron chi connectivity index (χ4n) is 6.50. The molecule has 1 aliphatic heterocycles. The Kier molecular flexibility index (Phi) is 11.6. The monoisotopic (exact) mass is 736 g/mol. The molecule has 6 rings (SSSR count). The lowest BCUT2D eigenvalue weighted by Gasteiger charge is -2.44. The lowest BCUT2D eigenvalue weighted by Crippen LogP contribution is -2.67. The molecule has 13 heteroatoms. The molecule has 1 unspecified atom stereocenters. The van der Waals surface area contributed by atoms with Gasteiger partial charge in [0.15, 0.2) is 12.2 Å². The van der Waals surface area contributed by atoms with Crippen molar-refractivity contribution in [2.45, 2.75) is 71.5 Å². The van der Waals surface area contributed by atoms with Gasteiger partial charge in [-0.15, -0.1) is 0 Å². The Morgan fingerprint density at radius 1 is 0.704 bits per heavy atom. The zero-order valence-electron chi connectivity index (χ0n) is 30.2. The lowest BCUT2D eigenvalue weighted by atomic mass is 9.95. The van der Waals surface area contributed by atoms with Gasteiger partial charge in [-0.2, -0.15) is 0 Å². The van der Waals surface area contributed by atoms with Gasteiger partial charge in [0.05, 0.1) is 11.1 Å². The van der Waals surface area contributed by atoms with Gasteiger partial charge in [-0.05, 0) is 40.1 Å². The van der Waals surface area contributed by atoms with Crippen LogP contribution in [0.4, 0.5) is 0 Å². The topological polar surface area (TPSA) is 158 Å². The van der Waals surface area contributed by atoms with E-state index in [2.05, 4.69) is 11.4 Å². The summed E-state index contributed by atoms with van der Waals surface area (Å²) in [5, 5.41) is 5.57. The van der Waals surface area contributed by atoms with Crippen LogP contribution in [0.15, 0.2) is 97.2 Å². The fraction of sp³-hybridized carbons (Fsp3) is 0.293. The second-order valence-electron chi connectivity index (χ2n) is 12.9. The number of benzene rings is 4. The van der Waals surface area contributed by atoms with E-state index in [1.807, 2.05) is 77.4 Å². The van der Waals surface area contributed by atoms with Crippen LogP contribution in [0, 0.1) is 0 Å². The Balaban J connectivity index is 1.37. The normalized spacial score (nSPS) is 19.4. The van der Waals surface area contributed by atoms with Crippen LogP contribution < -0.4 is 10.1 Å². The van der Waals surface area contributed by atoms with E-state index in [9.17, 15) is 24.0 Å². The molecule has 0 bridgehead atoms. The number of rotatable bonds is 12. The molecule has 0 spiro atoms. The van der Waals surface area contributed by atoms with Crippen LogP contribution in [-0.2, 0) is 56.0 Å². The molecule has 0 aliphatic carbocycles. The van der Waals surface area contributed by atoms with Gasteiger partial charge in [-0.3, -0.25) is 24.0 Å². The molecule has 1 aromatic heterocycles. The summed E-state index contributed by atoms with van der Waals surface area (Å²) in [6.45, 7) is 4.90. The quantitative estimate of drug-likeness (QED) is 0.132. The van der Waals surface area contributed by atoms with E-state index in [4.69, 9.17) is 28.4 Å². The van der Waals surface area contributed by atoms with Crippen LogP contribution in [0.25, 0.3) is 21.7 Å². The number of aromatic nitrogens is 1. The molecular weight excluding hydrogens is 696 g/mol. The Labute approximate surface area is 311 Å². The maximum atomic E-state index is 14.4. The van der Waals surface area contributed by atoms with Crippen molar-refractivity contribution >= 4 is 51.5 Å². The summed E-state index contributed by atoms with van der Waals surface area (Å²) in [6.07, 6.45) is -3.83. The second kappa shape index (κ2) is 16.6. The maximum absolute atomic E-state index is 14.4. The van der Waals surface area contributed by atoms with Gasteiger partial charge in [-0.25, -0.2) is 0 Å². The first-order valence-electron chi connectivity index (χ1n) is 17.3. The smallest absolute Gasteiger partial charge is 0.305 e. The van der Waals surface area contributed by atoms with Crippen molar-refractivity contribution < 1.29 is 52.4 Å². The highest BCUT2D eigenvalue weighted by Crippen LogP contribution is 2.31. The molecule has 0 saturated carbocycles. The highest BCUT2D eigenvalue weighted by molar-refractivity contribution is 6.07. The van der Waals surface area contributed by atoms with Crippen molar-refractivity contribution in [1.29, 1.82) is 0 Å². The Hall–Kier alpha value is -6.21. The van der Waals surface area contributed by atoms with Crippen LogP contribution >= 0.6 is 0 Å². The average molecular weight is 737 g/mol. The minimum atomic E-state index is -1.54. The van der Waals surface area contributed by atoms with Crippen LogP contribution in [0.2, 0.25) is 0 Å². The highest BCUT2D eigenvalue weighted by atomic mass is 16.7. The first-order valence-corrected chi connectivity index (χ1v) is 17.3. The zero-order chi connectivity index (χ0) is 38.4. The fourth-order valence-corrected chi connectivity index (χ4v) is 6.50. The molecule has 1 aliphatic rings. The maximum Gasteiger partial charge on any atom is 0.305 e. The van der Waals surface area contributed by atoms with Gasteiger partial charge in [0.1, 0.15) is 31.1 Å². The van der Waals surface area contributed by atoms with E-state index < -0.39 is 67.0 Å². The van der Waals surface area contributed by atoms with E-state index >= 15 is 0 Å². The molecule has 1 amide bonds. The molecule has 1 fully saturated rings. The SMILES string of the molecule is CC(=O)OC[C@H]1OC(OC(C)=O)[C@H](NC(=O)c2cn(Cc3ccc4ccccc4c3)c3cc(OCc4ccccc4)ccc23)[C@@H](OC(C)=O)[C@@H]1OC(C)=O. The van der Waals surface area contributed by atoms with Crippen molar-refractivity contribution in [3.63, 3.8) is 0 Å². The molecule has 280 valence electrons. The summed E-state index contributed by atoms with van der Waals surface area (Å²) < 4.78 is 35.8. The highest BCUT2D eigenvalue weighted by Gasteiger charge is 2.52. The van der Waals surface area contributed by atoms with Crippen molar-refractivity contribution in [2.24, 2.45) is 0 Å². The number of fused-ring (bicyclic) bond motifs is 2. The predicted octanol–water partition coefficient (Wildman–Crippen LogP) is 5.23. The number of carbonyl (C=O) groups excluding carboxylic acids is 5. The summed E-state index contributed by atoms with van der Waals surface area (Å²) in [7, 11) is 0. The lowest BCUT2D eigenvalue weighted by molar-refractivity contribution is -0.270. The number of hydrogen-bond acceptors (Lipinski definition) is 11. The molecule has 4 aromatic carbocycles. The second-order valence-corrected chi connectivity index (χ2v) is 12.9. The Bertz CT molecular complexity index is 2180. The number of hydrogen-bond donors (Lipinski definition) is 1. The first-order chi connectivity index (χ1) is 25.9. The van der Waals surface area contributed by atoms with E-state index in [0.717, 1.165) is 42.7 Å². The van der Waals surface area contributed by atoms with Crippen molar-refractivity contribution in [2.75, 3.05) is 6.61 Å². The van der Waals surface area contributed by atoms with Crippen molar-refractivity contribution in [3.05, 3.63) is 114 Å². The van der Waals surface area contributed by atoms with E-state index in [1.165, 1.54) is 6.92 Å². The number of amides is 1. The largest absolute Gasteiger partial charge is 0.489 e. The average Bonchev–Trinajstić information content (AvgIpc) is 3.49. The van der Waals surface area contributed by atoms with Gasteiger partial charge >= 0.3 is 23.9 Å². The van der Waals surface area contributed by atoms with Crippen LogP contribution in [0.3, 0.4) is 0 Å². The Morgan fingerprint density at radius 3 is 2.09 bits per heavy atom. The summed E-state index contributed by atoms with van der Waals surface area (Å²) in [4.78, 5) is 63.0. The molecule has 13 nitrogen and oxygen atoms in total. The molecule has 1 N–H and O–H groups in total. The van der Waals surface area contributed by atoms with E-state index in [0.29, 0.717) is 29.8 Å². The number of ether oxygens (including phenoxy) is 6. The van der Waals surface area contributed by atoms with Crippen LogP contribution in [0.5, 0.6) is 5.75 Å². The molecule has 5 atom stereocenters. The zero-order valence-corrected chi connectivity index (χ0v) is 30.2. The summed E-state index contributed by atoms with van der Waals surface area (Å²) in [5.74, 6) is -3.00. The van der Waals surface area contributed by atoms with Gasteiger partial charge in [0, 0.05) is 51.9 Å². The van der Waals surface area contributed by atoms with Gasteiger partial charge < -0.3 is 38.3 Å². The summed E-state index contributed by atoms with van der Waals surface area (Å²) >= 11 is 0. The number of esters is 4. The molecule has 5 aromatic rings. The molecule has 0 radical (unpaired) electrons. The van der Waals surface area contributed by atoms with Gasteiger partial charge in [0.2, 0.25) is 6.29 Å². The van der Waals surface area contributed by atoms with Gasteiger partial charge in [0.25, 0.3) is 5.91 Å². The summed E-state index contributed by atoms with van der Waals surface area (Å²) in [6, 6.07) is 28.0. The number of nitrogens with one attached hydrogen (secondary N) is 1. The molecule has 54 heavy (non-hydrogen) atoms. The third kappa shape index (κ3) is 9.04. The van der Waals surface area contributed by atoms with Gasteiger partial charge in [-0.1, -0.05) is 66.7 Å². The van der Waals surface area contributed by atoms with E-state index in [-0.39, 0.29) is 5.56 Å². The third-order valence-electron chi connectivity index (χ3n) is 8.79.